The third-order valence-corrected chi connectivity index (χ3v) is 6.47. The zero-order chi connectivity index (χ0) is 25.5. The van der Waals surface area contributed by atoms with Gasteiger partial charge in [0.1, 0.15) is 5.56 Å². The number of fused-ring (bicyclic) bond motifs is 1. The lowest BCUT2D eigenvalue weighted by Gasteiger charge is -2.31. The number of H-pyrrole nitrogens is 1. The van der Waals surface area contributed by atoms with Gasteiger partial charge in [-0.2, -0.15) is 0 Å². The van der Waals surface area contributed by atoms with Crippen molar-refractivity contribution in [1.82, 2.24) is 19.8 Å². The predicted octanol–water partition coefficient (Wildman–Crippen LogP) is 3.37. The van der Waals surface area contributed by atoms with E-state index in [2.05, 4.69) is 14.9 Å². The number of rotatable bonds is 3. The lowest BCUT2D eigenvalue weighted by atomic mass is 10.1. The number of nitrogens with zero attached hydrogens (tertiary/aromatic N) is 4. The summed E-state index contributed by atoms with van der Waals surface area (Å²) in [5, 5.41) is 0. The molecule has 1 aliphatic heterocycles. The van der Waals surface area contributed by atoms with Gasteiger partial charge in [0, 0.05) is 63.8 Å². The summed E-state index contributed by atoms with van der Waals surface area (Å²) in [6.07, 6.45) is 3.36. The van der Waals surface area contributed by atoms with Crippen molar-refractivity contribution in [2.45, 2.75) is 39.8 Å². The Bertz CT molecular complexity index is 1260. The summed E-state index contributed by atoms with van der Waals surface area (Å²) in [5.74, 6) is -0.350. The number of para-hydroxylation sites is 1. The second kappa shape index (κ2) is 11.8. The Hall–Kier alpha value is -3.78. The van der Waals surface area contributed by atoms with Crippen molar-refractivity contribution in [3.8, 4) is 0 Å². The summed E-state index contributed by atoms with van der Waals surface area (Å²) in [6.45, 7) is 7.00. The van der Waals surface area contributed by atoms with Crippen molar-refractivity contribution in [2.24, 2.45) is 0 Å². The molecular formula is C28H33N5O3. The van der Waals surface area contributed by atoms with Gasteiger partial charge in [-0.05, 0) is 55.7 Å². The largest absolute Gasteiger partial charge is 0.334 e. The van der Waals surface area contributed by atoms with Crippen LogP contribution in [0.15, 0.2) is 65.6 Å². The van der Waals surface area contributed by atoms with E-state index in [-0.39, 0.29) is 22.9 Å². The molecule has 188 valence electrons. The van der Waals surface area contributed by atoms with E-state index < -0.39 is 0 Å². The summed E-state index contributed by atoms with van der Waals surface area (Å²) < 4.78 is 0. The van der Waals surface area contributed by atoms with Crippen molar-refractivity contribution in [3.63, 3.8) is 0 Å². The van der Waals surface area contributed by atoms with Crippen molar-refractivity contribution < 1.29 is 9.59 Å². The molecule has 0 aliphatic carbocycles. The summed E-state index contributed by atoms with van der Waals surface area (Å²) in [4.78, 5) is 51.8. The summed E-state index contributed by atoms with van der Waals surface area (Å²) in [5.41, 5.74) is 3.11. The zero-order valence-electron chi connectivity index (χ0n) is 20.9. The lowest BCUT2D eigenvalue weighted by molar-refractivity contribution is -0.116. The van der Waals surface area contributed by atoms with Gasteiger partial charge in [0.05, 0.1) is 5.69 Å². The minimum Gasteiger partial charge on any atom is -0.334 e. The van der Waals surface area contributed by atoms with Crippen molar-refractivity contribution in [2.75, 3.05) is 31.1 Å². The van der Waals surface area contributed by atoms with Gasteiger partial charge in [0.25, 0.3) is 11.5 Å². The first-order chi connectivity index (χ1) is 17.4. The normalized spacial score (nSPS) is 15.5. The van der Waals surface area contributed by atoms with E-state index in [4.69, 9.17) is 0 Å². The minimum absolute atomic E-state index is 0.0383. The molecule has 8 heteroatoms. The second-order valence-corrected chi connectivity index (χ2v) is 9.21. The van der Waals surface area contributed by atoms with E-state index in [1.807, 2.05) is 42.5 Å². The van der Waals surface area contributed by atoms with Crippen molar-refractivity contribution in [1.29, 1.82) is 0 Å². The molecule has 2 aromatic heterocycles. The smallest absolute Gasteiger partial charge is 0.260 e. The Morgan fingerprint density at radius 2 is 1.69 bits per heavy atom. The zero-order valence-corrected chi connectivity index (χ0v) is 20.9. The van der Waals surface area contributed by atoms with Crippen LogP contribution in [-0.2, 0) is 17.9 Å². The number of nitrogens with one attached hydrogen (secondary N) is 1. The van der Waals surface area contributed by atoms with Crippen LogP contribution in [-0.4, -0.2) is 57.8 Å². The van der Waals surface area contributed by atoms with Crippen LogP contribution in [0.2, 0.25) is 0 Å². The Labute approximate surface area is 211 Å². The fourth-order valence-electron chi connectivity index (χ4n) is 4.65. The van der Waals surface area contributed by atoms with Crippen LogP contribution >= 0.6 is 0 Å². The summed E-state index contributed by atoms with van der Waals surface area (Å²) in [7, 11) is 0. The van der Waals surface area contributed by atoms with Gasteiger partial charge in [-0.1, -0.05) is 24.3 Å². The van der Waals surface area contributed by atoms with Crippen LogP contribution in [0.4, 0.5) is 5.69 Å². The van der Waals surface area contributed by atoms with Gasteiger partial charge in [0.15, 0.2) is 0 Å². The van der Waals surface area contributed by atoms with E-state index in [0.29, 0.717) is 31.9 Å². The number of carbonyl (C=O) groups is 2. The maximum atomic E-state index is 13.5. The van der Waals surface area contributed by atoms with Gasteiger partial charge in [-0.25, -0.2) is 0 Å². The molecule has 0 saturated carbocycles. The van der Waals surface area contributed by atoms with Crippen LogP contribution in [0.3, 0.4) is 0 Å². The van der Waals surface area contributed by atoms with Gasteiger partial charge < -0.3 is 14.8 Å². The number of hydrogen-bond donors (Lipinski definition) is 1. The molecule has 0 radical (unpaired) electrons. The monoisotopic (exact) mass is 487 g/mol. The van der Waals surface area contributed by atoms with Crippen molar-refractivity contribution >= 4 is 17.5 Å². The minimum atomic E-state index is -0.387. The number of pyridine rings is 2. The Morgan fingerprint density at radius 1 is 0.944 bits per heavy atom. The molecule has 0 saturated heterocycles. The summed E-state index contributed by atoms with van der Waals surface area (Å²) in [6, 6.07) is 16.9. The molecule has 3 heterocycles. The molecule has 0 bridgehead atoms. The third kappa shape index (κ3) is 6.26. The van der Waals surface area contributed by atoms with Crippen molar-refractivity contribution in [3.05, 3.63) is 93.7 Å². The number of anilines is 1. The third-order valence-electron chi connectivity index (χ3n) is 6.47. The van der Waals surface area contributed by atoms with Gasteiger partial charge in [-0.3, -0.25) is 24.3 Å². The van der Waals surface area contributed by atoms with E-state index in [9.17, 15) is 14.4 Å². The molecule has 1 aliphatic rings. The average molecular weight is 488 g/mol. The van der Waals surface area contributed by atoms with Gasteiger partial charge >= 0.3 is 0 Å². The maximum Gasteiger partial charge on any atom is 0.260 e. The van der Waals surface area contributed by atoms with Crippen LogP contribution in [0.1, 0.15) is 47.1 Å². The van der Waals surface area contributed by atoms with Crippen LogP contribution in [0.25, 0.3) is 0 Å². The molecule has 1 N–H and O–H groups in total. The molecule has 0 atom stereocenters. The number of hydrogen-bond acceptors (Lipinski definition) is 5. The number of amides is 2. The number of carbonyl (C=O) groups excluding carboxylic acids is 2. The Balaban J connectivity index is 1.65. The number of benzene rings is 1. The highest BCUT2D eigenvalue weighted by Gasteiger charge is 2.23. The first-order valence-electron chi connectivity index (χ1n) is 12.4. The lowest BCUT2D eigenvalue weighted by Crippen LogP contribution is -2.39. The molecule has 3 aromatic rings. The highest BCUT2D eigenvalue weighted by molar-refractivity contribution is 5.94. The highest BCUT2D eigenvalue weighted by atomic mass is 16.2. The van der Waals surface area contributed by atoms with Crippen LogP contribution in [0, 0.1) is 6.92 Å². The van der Waals surface area contributed by atoms with Crippen LogP contribution < -0.4 is 10.5 Å². The fourth-order valence-corrected chi connectivity index (χ4v) is 4.65. The topological polar surface area (TPSA) is 89.6 Å². The summed E-state index contributed by atoms with van der Waals surface area (Å²) >= 11 is 0. The predicted molar refractivity (Wildman–Crippen MR) is 140 cm³/mol. The first-order valence-corrected chi connectivity index (χ1v) is 12.4. The van der Waals surface area contributed by atoms with E-state index in [0.717, 1.165) is 42.9 Å². The maximum absolute atomic E-state index is 13.5. The Kier molecular flexibility index (Phi) is 8.28. The molecule has 1 aromatic carbocycles. The quantitative estimate of drug-likeness (QED) is 0.612. The molecule has 36 heavy (non-hydrogen) atoms. The number of aromatic nitrogens is 2. The molecule has 2 amide bonds. The first kappa shape index (κ1) is 25.3. The molecule has 0 spiro atoms. The second-order valence-electron chi connectivity index (χ2n) is 9.21. The van der Waals surface area contributed by atoms with E-state index in [1.54, 1.807) is 42.0 Å². The van der Waals surface area contributed by atoms with Gasteiger partial charge in [0.2, 0.25) is 5.91 Å². The standard InChI is InChI=1S/C28H33N5O3/c1-21-12-13-25(27(35)30-21)28(36)32-17-7-15-31(20-24-10-5-6-14-29-24)16-8-18-33(22(2)34)26-11-4-3-9-23(26)19-32/h3-6,9-14H,7-8,15-20H2,1-2H3,(H,30,35). The van der Waals surface area contributed by atoms with E-state index in [1.165, 1.54) is 0 Å². The SMILES string of the molecule is CC(=O)N1CCCN(Cc2ccccn2)CCCN(C(=O)c2ccc(C)[nH]c2=O)Cc2ccccc21. The molecule has 0 unspecified atom stereocenters. The Morgan fingerprint density at radius 3 is 2.42 bits per heavy atom. The molecule has 4 rings (SSSR count). The fraction of sp³-hybridized carbons (Fsp3) is 0.357. The number of aromatic amines is 1. The highest BCUT2D eigenvalue weighted by Crippen LogP contribution is 2.24. The van der Waals surface area contributed by atoms with Crippen LogP contribution in [0.5, 0.6) is 0 Å². The molecular weight excluding hydrogens is 454 g/mol. The molecule has 8 nitrogen and oxygen atoms in total. The van der Waals surface area contributed by atoms with E-state index >= 15 is 0 Å². The average Bonchev–Trinajstić information content (AvgIpc) is 2.85. The molecule has 0 fully saturated rings. The number of aryl methyl sites for hydroxylation is 1. The van der Waals surface area contributed by atoms with Gasteiger partial charge in [-0.15, -0.1) is 0 Å².